The van der Waals surface area contributed by atoms with Crippen molar-refractivity contribution in [2.45, 2.75) is 39.5 Å². The molecule has 0 amide bonds. The van der Waals surface area contributed by atoms with Crippen molar-refractivity contribution >= 4 is 11.6 Å². The standard InChI is InChI=1S/C29H24F6/c1-3-18-12-13-22(28(34)25(18)31)23-15-14-21(27(33)29(23)35)19-9-5-17(6-10-19)7-11-20-8-4-16(2)24(30)26(20)32/h4,7-9,11-15,17H,3,5-6,10H2,1-2H3/b11-7+. The molecular formula is C29H24F6. The number of allylic oxidation sites excluding steroid dienone is 3. The predicted octanol–water partition coefficient (Wildman–Crippen LogP) is 8.96. The Bertz CT molecular complexity index is 1340. The molecule has 0 nitrogen and oxygen atoms in total. The van der Waals surface area contributed by atoms with Crippen LogP contribution in [0.25, 0.3) is 22.8 Å². The van der Waals surface area contributed by atoms with E-state index in [9.17, 15) is 26.3 Å². The van der Waals surface area contributed by atoms with E-state index in [2.05, 4.69) is 0 Å². The zero-order chi connectivity index (χ0) is 25.3. The van der Waals surface area contributed by atoms with Crippen molar-refractivity contribution in [3.63, 3.8) is 0 Å². The Morgan fingerprint density at radius 2 is 1.37 bits per heavy atom. The molecular weight excluding hydrogens is 462 g/mol. The lowest BCUT2D eigenvalue weighted by Crippen LogP contribution is -2.06. The smallest absolute Gasteiger partial charge is 0.167 e. The highest BCUT2D eigenvalue weighted by Gasteiger charge is 2.23. The molecule has 0 radical (unpaired) electrons. The zero-order valence-electron chi connectivity index (χ0n) is 19.4. The van der Waals surface area contributed by atoms with Crippen molar-refractivity contribution < 1.29 is 26.3 Å². The fourth-order valence-electron chi connectivity index (χ4n) is 4.38. The molecule has 1 aliphatic carbocycles. The third-order valence-electron chi connectivity index (χ3n) is 6.57. The fraction of sp³-hybridized carbons (Fsp3) is 0.241. The van der Waals surface area contributed by atoms with Crippen LogP contribution in [0.5, 0.6) is 0 Å². The summed E-state index contributed by atoms with van der Waals surface area (Å²) in [6.07, 6.45) is 6.97. The van der Waals surface area contributed by atoms with Gasteiger partial charge in [0, 0.05) is 22.3 Å². The van der Waals surface area contributed by atoms with Crippen molar-refractivity contribution in [1.29, 1.82) is 0 Å². The van der Waals surface area contributed by atoms with E-state index in [-0.39, 0.29) is 45.7 Å². The maximum absolute atomic E-state index is 15.0. The lowest BCUT2D eigenvalue weighted by molar-refractivity contribution is 0.494. The average Bonchev–Trinajstić information content (AvgIpc) is 2.86. The minimum absolute atomic E-state index is 0.0313. The molecule has 1 unspecified atom stereocenters. The summed E-state index contributed by atoms with van der Waals surface area (Å²) in [6.45, 7) is 3.16. The van der Waals surface area contributed by atoms with Crippen LogP contribution >= 0.6 is 0 Å². The van der Waals surface area contributed by atoms with E-state index >= 15 is 0 Å². The van der Waals surface area contributed by atoms with Crippen LogP contribution in [0.15, 0.2) is 48.6 Å². The molecule has 3 aromatic rings. The summed E-state index contributed by atoms with van der Waals surface area (Å²) in [6, 6.07) is 8.29. The average molecular weight is 486 g/mol. The Kier molecular flexibility index (Phi) is 7.20. The topological polar surface area (TPSA) is 0 Å². The lowest BCUT2D eigenvalue weighted by Gasteiger charge is -2.20. The second-order valence-corrected chi connectivity index (χ2v) is 8.77. The van der Waals surface area contributed by atoms with Gasteiger partial charge in [-0.2, -0.15) is 0 Å². The molecule has 1 atom stereocenters. The van der Waals surface area contributed by atoms with E-state index in [0.717, 1.165) is 0 Å². The maximum atomic E-state index is 15.0. The monoisotopic (exact) mass is 486 g/mol. The van der Waals surface area contributed by atoms with Gasteiger partial charge in [-0.1, -0.05) is 61.5 Å². The minimum atomic E-state index is -1.23. The number of halogens is 6. The molecule has 0 heterocycles. The number of rotatable bonds is 5. The molecule has 0 spiro atoms. The largest absolute Gasteiger partial charge is 0.203 e. The fourth-order valence-corrected chi connectivity index (χ4v) is 4.38. The Morgan fingerprint density at radius 3 is 2.03 bits per heavy atom. The number of hydrogen-bond acceptors (Lipinski definition) is 0. The Morgan fingerprint density at radius 1 is 0.743 bits per heavy atom. The van der Waals surface area contributed by atoms with Gasteiger partial charge >= 0.3 is 0 Å². The van der Waals surface area contributed by atoms with E-state index < -0.39 is 34.9 Å². The number of benzene rings is 3. The highest BCUT2D eigenvalue weighted by atomic mass is 19.2. The van der Waals surface area contributed by atoms with Crippen LogP contribution in [0.1, 0.15) is 48.4 Å². The zero-order valence-corrected chi connectivity index (χ0v) is 19.4. The van der Waals surface area contributed by atoms with Gasteiger partial charge in [-0.05, 0) is 55.2 Å². The van der Waals surface area contributed by atoms with Crippen LogP contribution in [0.2, 0.25) is 0 Å². The molecule has 0 saturated heterocycles. The summed E-state index contributed by atoms with van der Waals surface area (Å²) in [4.78, 5) is 0. The SMILES string of the molecule is CCc1ccc(-c2ccc(C3=CCC(/C=C/c4ccc(C)c(F)c4F)CC3)c(F)c2F)c(F)c1F. The van der Waals surface area contributed by atoms with Crippen LogP contribution < -0.4 is 0 Å². The first kappa shape index (κ1) is 24.8. The van der Waals surface area contributed by atoms with Gasteiger partial charge in [-0.15, -0.1) is 0 Å². The summed E-state index contributed by atoms with van der Waals surface area (Å²) in [5, 5.41) is 0. The Balaban J connectivity index is 1.55. The number of hydrogen-bond donors (Lipinski definition) is 0. The third kappa shape index (κ3) is 4.79. The minimum Gasteiger partial charge on any atom is -0.203 e. The first-order valence-corrected chi connectivity index (χ1v) is 11.5. The maximum Gasteiger partial charge on any atom is 0.167 e. The molecule has 3 aromatic carbocycles. The normalized spacial score (nSPS) is 16.1. The van der Waals surface area contributed by atoms with Crippen LogP contribution in [0.4, 0.5) is 26.3 Å². The van der Waals surface area contributed by atoms with E-state index in [1.807, 2.05) is 0 Å². The van der Waals surface area contributed by atoms with Gasteiger partial charge in [0.2, 0.25) is 0 Å². The molecule has 0 N–H and O–H groups in total. The second kappa shape index (κ2) is 10.1. The van der Waals surface area contributed by atoms with E-state index in [1.165, 1.54) is 49.4 Å². The van der Waals surface area contributed by atoms with Crippen molar-refractivity contribution in [3.8, 4) is 11.1 Å². The van der Waals surface area contributed by atoms with Crippen molar-refractivity contribution in [1.82, 2.24) is 0 Å². The van der Waals surface area contributed by atoms with E-state index in [4.69, 9.17) is 0 Å². The van der Waals surface area contributed by atoms with E-state index in [1.54, 1.807) is 19.1 Å². The van der Waals surface area contributed by atoms with Crippen LogP contribution in [-0.2, 0) is 6.42 Å². The van der Waals surface area contributed by atoms with Crippen molar-refractivity contribution in [2.75, 3.05) is 0 Å². The van der Waals surface area contributed by atoms with Gasteiger partial charge < -0.3 is 0 Å². The molecule has 4 rings (SSSR count). The van der Waals surface area contributed by atoms with Gasteiger partial charge in [-0.3, -0.25) is 0 Å². The second-order valence-electron chi connectivity index (χ2n) is 8.77. The summed E-state index contributed by atoms with van der Waals surface area (Å²) in [5.74, 6) is -6.34. The summed E-state index contributed by atoms with van der Waals surface area (Å²) in [7, 11) is 0. The first-order chi connectivity index (χ1) is 16.7. The van der Waals surface area contributed by atoms with E-state index in [0.29, 0.717) is 24.8 Å². The molecule has 0 saturated carbocycles. The molecule has 35 heavy (non-hydrogen) atoms. The van der Waals surface area contributed by atoms with Gasteiger partial charge in [0.1, 0.15) is 0 Å². The predicted molar refractivity (Wildman–Crippen MR) is 127 cm³/mol. The van der Waals surface area contributed by atoms with Crippen LogP contribution in [0, 0.1) is 47.7 Å². The van der Waals surface area contributed by atoms with Gasteiger partial charge in [0.25, 0.3) is 0 Å². The molecule has 0 aliphatic heterocycles. The van der Waals surface area contributed by atoms with Gasteiger partial charge in [0.15, 0.2) is 34.9 Å². The van der Waals surface area contributed by atoms with Gasteiger partial charge in [0.05, 0.1) is 0 Å². The first-order valence-electron chi connectivity index (χ1n) is 11.5. The molecule has 182 valence electrons. The molecule has 6 heteroatoms. The van der Waals surface area contributed by atoms with Crippen LogP contribution in [0.3, 0.4) is 0 Å². The highest BCUT2D eigenvalue weighted by Crippen LogP contribution is 2.36. The van der Waals surface area contributed by atoms with Gasteiger partial charge in [-0.25, -0.2) is 26.3 Å². The molecule has 0 bridgehead atoms. The highest BCUT2D eigenvalue weighted by molar-refractivity contribution is 5.72. The lowest BCUT2D eigenvalue weighted by atomic mass is 9.85. The third-order valence-corrected chi connectivity index (χ3v) is 6.57. The number of aryl methyl sites for hydroxylation is 2. The quantitative estimate of drug-likeness (QED) is 0.316. The van der Waals surface area contributed by atoms with Crippen molar-refractivity contribution in [3.05, 3.63) is 106 Å². The summed E-state index contributed by atoms with van der Waals surface area (Å²) in [5.41, 5.74) is 0.567. The Hall–Kier alpha value is -3.28. The summed E-state index contributed by atoms with van der Waals surface area (Å²) < 4.78 is 86.4. The molecule has 0 aromatic heterocycles. The van der Waals surface area contributed by atoms with Crippen LogP contribution in [-0.4, -0.2) is 0 Å². The van der Waals surface area contributed by atoms with Crippen molar-refractivity contribution in [2.24, 2.45) is 5.92 Å². The Labute approximate surface area is 200 Å². The summed E-state index contributed by atoms with van der Waals surface area (Å²) >= 11 is 0. The molecule has 0 fully saturated rings. The molecule has 1 aliphatic rings.